The summed E-state index contributed by atoms with van der Waals surface area (Å²) < 4.78 is 0. The third kappa shape index (κ3) is 5.38. The Kier molecular flexibility index (Phi) is 8.22. The van der Waals surface area contributed by atoms with Crippen LogP contribution < -0.4 is 5.32 Å². The Hall–Kier alpha value is -3.46. The van der Waals surface area contributed by atoms with Gasteiger partial charge < -0.3 is 5.32 Å². The molecular formula is C35H40N2O. The summed E-state index contributed by atoms with van der Waals surface area (Å²) in [6.07, 6.45) is 10.3. The number of carbonyl (C=O) groups is 1. The molecule has 3 nitrogen and oxygen atoms in total. The van der Waals surface area contributed by atoms with E-state index in [9.17, 15) is 4.79 Å². The molecule has 3 aromatic carbocycles. The second kappa shape index (κ2) is 11.9. The minimum Gasteiger partial charge on any atom is -0.356 e. The number of fused-ring (bicyclic) bond motifs is 3. The van der Waals surface area contributed by atoms with Crippen LogP contribution in [0.15, 0.2) is 66.7 Å². The fourth-order valence-electron chi connectivity index (χ4n) is 6.00. The molecule has 0 fully saturated rings. The highest BCUT2D eigenvalue weighted by atomic mass is 16.1. The van der Waals surface area contributed by atoms with E-state index in [0.29, 0.717) is 18.9 Å². The molecule has 0 aliphatic heterocycles. The normalized spacial score (nSPS) is 13.1. The quantitative estimate of drug-likeness (QED) is 0.220. The lowest BCUT2D eigenvalue weighted by Gasteiger charge is -2.25. The fraction of sp³-hybridized carbons (Fsp3) is 0.371. The van der Waals surface area contributed by atoms with Gasteiger partial charge in [0, 0.05) is 29.6 Å². The van der Waals surface area contributed by atoms with Crippen LogP contribution in [-0.4, -0.2) is 17.4 Å². The molecule has 0 atom stereocenters. The van der Waals surface area contributed by atoms with Gasteiger partial charge in [0.25, 0.3) is 0 Å². The van der Waals surface area contributed by atoms with Gasteiger partial charge in [-0.2, -0.15) is 0 Å². The van der Waals surface area contributed by atoms with Gasteiger partial charge in [-0.05, 0) is 70.7 Å². The molecule has 3 heteroatoms. The predicted molar refractivity (Wildman–Crippen MR) is 161 cm³/mol. The molecule has 5 rings (SSSR count). The van der Waals surface area contributed by atoms with Crippen LogP contribution in [0.1, 0.15) is 93.2 Å². The number of nitrogens with one attached hydrogen (secondary N) is 1. The first-order valence-electron chi connectivity index (χ1n) is 14.5. The Morgan fingerprint density at radius 3 is 2.61 bits per heavy atom. The minimum atomic E-state index is 0.166. The summed E-state index contributed by atoms with van der Waals surface area (Å²) in [6.45, 7) is 7.40. The van der Waals surface area contributed by atoms with Gasteiger partial charge in [0.1, 0.15) is 0 Å². The molecule has 1 heterocycles. The first-order chi connectivity index (χ1) is 18.6. The lowest BCUT2D eigenvalue weighted by molar-refractivity contribution is -0.121. The van der Waals surface area contributed by atoms with E-state index in [0.717, 1.165) is 37.6 Å². The standard InChI is InChI=1S/C35H40N2O/c1-4-5-6-7-21-33(38)36-23-22-30-27-15-8-9-19-31(27)37-32-20-12-18-29(35(30)32)28-17-11-14-25-13-10-16-26(24(2)3)34(25)28/h8-11,13-19,24H,4-7,12,20-23H2,1-3H3,(H,36,38). The number of rotatable bonds is 10. The number of unbranched alkanes of at least 4 members (excludes halogenated alkanes) is 3. The van der Waals surface area contributed by atoms with Crippen molar-refractivity contribution in [1.29, 1.82) is 0 Å². The van der Waals surface area contributed by atoms with Crippen LogP contribution in [0, 0.1) is 0 Å². The largest absolute Gasteiger partial charge is 0.356 e. The van der Waals surface area contributed by atoms with E-state index < -0.39 is 0 Å². The molecule has 1 N–H and O–H groups in total. The van der Waals surface area contributed by atoms with Gasteiger partial charge in [-0.3, -0.25) is 9.78 Å². The van der Waals surface area contributed by atoms with E-state index in [4.69, 9.17) is 4.98 Å². The van der Waals surface area contributed by atoms with Crippen LogP contribution in [0.3, 0.4) is 0 Å². The molecule has 0 bridgehead atoms. The number of allylic oxidation sites excluding steroid dienone is 1. The van der Waals surface area contributed by atoms with E-state index in [-0.39, 0.29) is 5.91 Å². The highest BCUT2D eigenvalue weighted by Gasteiger charge is 2.24. The summed E-state index contributed by atoms with van der Waals surface area (Å²) in [5.41, 5.74) is 8.79. The Morgan fingerprint density at radius 1 is 0.974 bits per heavy atom. The molecule has 1 aromatic heterocycles. The third-order valence-electron chi connectivity index (χ3n) is 7.88. The van der Waals surface area contributed by atoms with Crippen molar-refractivity contribution >= 4 is 33.2 Å². The van der Waals surface area contributed by atoms with Gasteiger partial charge in [0.05, 0.1) is 5.52 Å². The molecule has 1 amide bonds. The third-order valence-corrected chi connectivity index (χ3v) is 7.88. The topological polar surface area (TPSA) is 42.0 Å². The summed E-state index contributed by atoms with van der Waals surface area (Å²) in [5.74, 6) is 0.602. The summed E-state index contributed by atoms with van der Waals surface area (Å²) in [5, 5.41) is 7.04. The maximum atomic E-state index is 12.5. The molecule has 1 aliphatic carbocycles. The van der Waals surface area contributed by atoms with E-state index >= 15 is 0 Å². The second-order valence-corrected chi connectivity index (χ2v) is 10.9. The lowest BCUT2D eigenvalue weighted by atomic mass is 9.81. The van der Waals surface area contributed by atoms with Crippen LogP contribution in [0.4, 0.5) is 0 Å². The van der Waals surface area contributed by atoms with Crippen LogP contribution in [0.5, 0.6) is 0 Å². The highest BCUT2D eigenvalue weighted by molar-refractivity contribution is 6.02. The zero-order valence-corrected chi connectivity index (χ0v) is 23.1. The fourth-order valence-corrected chi connectivity index (χ4v) is 6.00. The number of aryl methyl sites for hydroxylation is 1. The molecule has 1 aliphatic rings. The van der Waals surface area contributed by atoms with Crippen molar-refractivity contribution < 1.29 is 4.79 Å². The number of aromatic nitrogens is 1. The number of carbonyl (C=O) groups excluding carboxylic acids is 1. The molecule has 38 heavy (non-hydrogen) atoms. The van der Waals surface area contributed by atoms with Crippen molar-refractivity contribution in [2.45, 2.75) is 78.1 Å². The maximum absolute atomic E-state index is 12.5. The van der Waals surface area contributed by atoms with Crippen LogP contribution in [-0.2, 0) is 17.6 Å². The van der Waals surface area contributed by atoms with Gasteiger partial charge in [0.15, 0.2) is 0 Å². The predicted octanol–water partition coefficient (Wildman–Crippen LogP) is 8.52. The summed E-state index contributed by atoms with van der Waals surface area (Å²) in [6, 6.07) is 21.9. The number of hydrogen-bond donors (Lipinski definition) is 1. The number of nitrogens with zero attached hydrogens (tertiary/aromatic N) is 1. The average molecular weight is 505 g/mol. The van der Waals surface area contributed by atoms with Crippen LogP contribution >= 0.6 is 0 Å². The summed E-state index contributed by atoms with van der Waals surface area (Å²) in [7, 11) is 0. The van der Waals surface area contributed by atoms with E-state index in [1.807, 2.05) is 0 Å². The Labute approximate surface area is 227 Å². The molecule has 0 spiro atoms. The van der Waals surface area contributed by atoms with E-state index in [2.05, 4.69) is 92.8 Å². The van der Waals surface area contributed by atoms with Gasteiger partial charge in [0.2, 0.25) is 5.91 Å². The Balaban J connectivity index is 1.55. The molecule has 0 unspecified atom stereocenters. The number of hydrogen-bond acceptors (Lipinski definition) is 2. The van der Waals surface area contributed by atoms with E-state index in [1.54, 1.807) is 0 Å². The highest BCUT2D eigenvalue weighted by Crippen LogP contribution is 2.41. The Morgan fingerprint density at radius 2 is 1.79 bits per heavy atom. The Bertz CT molecular complexity index is 1480. The molecule has 0 saturated carbocycles. The lowest BCUT2D eigenvalue weighted by Crippen LogP contribution is -2.26. The van der Waals surface area contributed by atoms with Gasteiger partial charge in [-0.25, -0.2) is 0 Å². The molecule has 196 valence electrons. The maximum Gasteiger partial charge on any atom is 0.220 e. The monoisotopic (exact) mass is 504 g/mol. The SMILES string of the molecule is CCCCCCC(=O)NCCc1c2c(nc3ccccc13)CCC=C2c1cccc2cccc(C(C)C)c12. The summed E-state index contributed by atoms with van der Waals surface area (Å²) >= 11 is 0. The zero-order valence-electron chi connectivity index (χ0n) is 23.1. The second-order valence-electron chi connectivity index (χ2n) is 10.9. The van der Waals surface area contributed by atoms with Gasteiger partial charge in [-0.1, -0.05) is 101 Å². The van der Waals surface area contributed by atoms with Crippen LogP contribution in [0.25, 0.3) is 27.2 Å². The van der Waals surface area contributed by atoms with Crippen molar-refractivity contribution in [3.63, 3.8) is 0 Å². The number of amides is 1. The summed E-state index contributed by atoms with van der Waals surface area (Å²) in [4.78, 5) is 17.7. The minimum absolute atomic E-state index is 0.166. The molecular weight excluding hydrogens is 464 g/mol. The van der Waals surface area contributed by atoms with Gasteiger partial charge >= 0.3 is 0 Å². The van der Waals surface area contributed by atoms with Crippen molar-refractivity contribution in [3.8, 4) is 0 Å². The molecule has 4 aromatic rings. The average Bonchev–Trinajstić information content (AvgIpc) is 2.94. The number of para-hydroxylation sites is 1. The smallest absolute Gasteiger partial charge is 0.220 e. The first-order valence-corrected chi connectivity index (χ1v) is 14.5. The van der Waals surface area contributed by atoms with Crippen LogP contribution in [0.2, 0.25) is 0 Å². The first kappa shape index (κ1) is 26.2. The van der Waals surface area contributed by atoms with Crippen molar-refractivity contribution in [3.05, 3.63) is 94.7 Å². The van der Waals surface area contributed by atoms with Crippen molar-refractivity contribution in [1.82, 2.24) is 10.3 Å². The number of pyridine rings is 1. The van der Waals surface area contributed by atoms with Gasteiger partial charge in [-0.15, -0.1) is 0 Å². The molecule has 0 saturated heterocycles. The van der Waals surface area contributed by atoms with Crippen molar-refractivity contribution in [2.75, 3.05) is 6.54 Å². The van der Waals surface area contributed by atoms with Crippen molar-refractivity contribution in [2.24, 2.45) is 0 Å². The number of benzene rings is 3. The van der Waals surface area contributed by atoms with E-state index in [1.165, 1.54) is 62.5 Å². The molecule has 0 radical (unpaired) electrons. The zero-order chi connectivity index (χ0) is 26.5.